The number of nitrogens with zero attached hydrogens (tertiary/aromatic N) is 3. The molecule has 0 spiro atoms. The van der Waals surface area contributed by atoms with E-state index in [0.717, 1.165) is 26.1 Å². The second-order valence-electron chi connectivity index (χ2n) is 5.86. The highest BCUT2D eigenvalue weighted by Crippen LogP contribution is 2.27. The summed E-state index contributed by atoms with van der Waals surface area (Å²) in [6, 6.07) is 3.19. The Bertz CT molecular complexity index is 381. The van der Waals surface area contributed by atoms with Crippen molar-refractivity contribution in [3.05, 3.63) is 18.0 Å². The summed E-state index contributed by atoms with van der Waals surface area (Å²) in [5, 5.41) is 4.76. The van der Waals surface area contributed by atoms with Crippen molar-refractivity contribution in [3.8, 4) is 0 Å². The van der Waals surface area contributed by atoms with Gasteiger partial charge in [0, 0.05) is 31.9 Å². The summed E-state index contributed by atoms with van der Waals surface area (Å²) in [4.78, 5) is 2.41. The predicted molar refractivity (Wildman–Crippen MR) is 72.2 cm³/mol. The van der Waals surface area contributed by atoms with Crippen LogP contribution in [0.1, 0.15) is 50.3 Å². The summed E-state index contributed by atoms with van der Waals surface area (Å²) in [5.41, 5.74) is 7.14. The summed E-state index contributed by atoms with van der Waals surface area (Å²) in [5.74, 6) is 0. The van der Waals surface area contributed by atoms with Gasteiger partial charge in [-0.25, -0.2) is 0 Å². The highest BCUT2D eigenvalue weighted by Gasteiger charge is 2.20. The lowest BCUT2D eigenvalue weighted by atomic mass is 9.96. The van der Waals surface area contributed by atoms with Crippen LogP contribution in [0.5, 0.6) is 0 Å². The SMILES string of the molecule is N[C@@H]1CCN(Cc2ccn(C3CCCCC3)n2)C1. The maximum atomic E-state index is 5.93. The van der Waals surface area contributed by atoms with Crippen molar-refractivity contribution in [1.82, 2.24) is 14.7 Å². The van der Waals surface area contributed by atoms with E-state index in [0.29, 0.717) is 12.1 Å². The van der Waals surface area contributed by atoms with E-state index in [9.17, 15) is 0 Å². The molecule has 1 aliphatic heterocycles. The second kappa shape index (κ2) is 5.41. The van der Waals surface area contributed by atoms with Crippen molar-refractivity contribution in [2.45, 2.75) is 57.2 Å². The van der Waals surface area contributed by atoms with Crippen molar-refractivity contribution in [2.24, 2.45) is 5.73 Å². The van der Waals surface area contributed by atoms with Crippen LogP contribution in [-0.4, -0.2) is 33.8 Å². The van der Waals surface area contributed by atoms with Crippen LogP contribution in [0.25, 0.3) is 0 Å². The average molecular weight is 248 g/mol. The molecule has 1 saturated heterocycles. The first-order valence-electron chi connectivity index (χ1n) is 7.33. The Labute approximate surface area is 109 Å². The molecule has 100 valence electrons. The molecule has 2 heterocycles. The summed E-state index contributed by atoms with van der Waals surface area (Å²) in [6.07, 6.45) is 10.0. The molecule has 0 bridgehead atoms. The minimum atomic E-state index is 0.366. The normalized spacial score (nSPS) is 26.8. The Morgan fingerprint density at radius 3 is 2.78 bits per heavy atom. The van der Waals surface area contributed by atoms with Gasteiger partial charge in [-0.2, -0.15) is 5.10 Å². The van der Waals surface area contributed by atoms with Gasteiger partial charge in [0.1, 0.15) is 0 Å². The number of nitrogens with two attached hydrogens (primary N) is 1. The number of hydrogen-bond acceptors (Lipinski definition) is 3. The average Bonchev–Trinajstić information content (AvgIpc) is 3.01. The first-order valence-corrected chi connectivity index (χ1v) is 7.33. The van der Waals surface area contributed by atoms with E-state index in [-0.39, 0.29) is 0 Å². The van der Waals surface area contributed by atoms with Crippen LogP contribution >= 0.6 is 0 Å². The van der Waals surface area contributed by atoms with Crippen LogP contribution < -0.4 is 5.73 Å². The molecule has 0 unspecified atom stereocenters. The molecule has 1 atom stereocenters. The van der Waals surface area contributed by atoms with Crippen molar-refractivity contribution in [1.29, 1.82) is 0 Å². The zero-order valence-corrected chi connectivity index (χ0v) is 11.1. The van der Waals surface area contributed by atoms with Gasteiger partial charge in [-0.1, -0.05) is 19.3 Å². The van der Waals surface area contributed by atoms with E-state index in [2.05, 4.69) is 21.8 Å². The largest absolute Gasteiger partial charge is 0.326 e. The number of hydrogen-bond donors (Lipinski definition) is 1. The number of rotatable bonds is 3. The highest BCUT2D eigenvalue weighted by molar-refractivity contribution is 5.01. The van der Waals surface area contributed by atoms with E-state index in [1.54, 1.807) is 0 Å². The summed E-state index contributed by atoms with van der Waals surface area (Å²) in [6.45, 7) is 3.11. The lowest BCUT2D eigenvalue weighted by molar-refractivity contribution is 0.307. The van der Waals surface area contributed by atoms with Crippen LogP contribution in [0.4, 0.5) is 0 Å². The Hall–Kier alpha value is -0.870. The highest BCUT2D eigenvalue weighted by atomic mass is 15.3. The third-order valence-electron chi connectivity index (χ3n) is 4.31. The molecule has 1 aromatic heterocycles. The molecule has 1 saturated carbocycles. The van der Waals surface area contributed by atoms with Crippen molar-refractivity contribution in [3.63, 3.8) is 0 Å². The Morgan fingerprint density at radius 1 is 1.22 bits per heavy atom. The maximum Gasteiger partial charge on any atom is 0.0764 e. The molecule has 18 heavy (non-hydrogen) atoms. The molecule has 1 aromatic rings. The fourth-order valence-electron chi connectivity index (χ4n) is 3.25. The smallest absolute Gasteiger partial charge is 0.0764 e. The Kier molecular flexibility index (Phi) is 3.66. The van der Waals surface area contributed by atoms with Gasteiger partial charge in [0.15, 0.2) is 0 Å². The van der Waals surface area contributed by atoms with Crippen LogP contribution in [0.2, 0.25) is 0 Å². The van der Waals surface area contributed by atoms with Gasteiger partial charge in [-0.05, 0) is 25.3 Å². The van der Waals surface area contributed by atoms with E-state index < -0.39 is 0 Å². The third-order valence-corrected chi connectivity index (χ3v) is 4.31. The van der Waals surface area contributed by atoms with E-state index in [4.69, 9.17) is 10.8 Å². The Morgan fingerprint density at radius 2 is 2.06 bits per heavy atom. The van der Waals surface area contributed by atoms with Gasteiger partial charge in [-0.15, -0.1) is 0 Å². The lowest BCUT2D eigenvalue weighted by Crippen LogP contribution is -2.26. The molecular weight excluding hydrogens is 224 g/mol. The molecule has 2 N–H and O–H groups in total. The van der Waals surface area contributed by atoms with Gasteiger partial charge < -0.3 is 5.73 Å². The van der Waals surface area contributed by atoms with Crippen LogP contribution in [0.15, 0.2) is 12.3 Å². The van der Waals surface area contributed by atoms with Crippen molar-refractivity contribution in [2.75, 3.05) is 13.1 Å². The molecule has 3 rings (SSSR count). The van der Waals surface area contributed by atoms with Gasteiger partial charge >= 0.3 is 0 Å². The van der Waals surface area contributed by atoms with Crippen molar-refractivity contribution < 1.29 is 0 Å². The third kappa shape index (κ3) is 2.75. The van der Waals surface area contributed by atoms with E-state index in [1.165, 1.54) is 37.8 Å². The first-order chi connectivity index (χ1) is 8.81. The van der Waals surface area contributed by atoms with Crippen LogP contribution in [-0.2, 0) is 6.54 Å². The van der Waals surface area contributed by atoms with Gasteiger partial charge in [0.2, 0.25) is 0 Å². The number of likely N-dealkylation sites (tertiary alicyclic amines) is 1. The van der Waals surface area contributed by atoms with Gasteiger partial charge in [0.05, 0.1) is 11.7 Å². The van der Waals surface area contributed by atoms with Gasteiger partial charge in [-0.3, -0.25) is 9.58 Å². The quantitative estimate of drug-likeness (QED) is 0.889. The summed E-state index contributed by atoms with van der Waals surface area (Å²) in [7, 11) is 0. The topological polar surface area (TPSA) is 47.1 Å². The molecule has 1 aliphatic carbocycles. The van der Waals surface area contributed by atoms with Crippen molar-refractivity contribution >= 4 is 0 Å². The molecule has 0 aromatic carbocycles. The number of aromatic nitrogens is 2. The van der Waals surface area contributed by atoms with E-state index >= 15 is 0 Å². The van der Waals surface area contributed by atoms with E-state index in [1.807, 2.05) is 0 Å². The second-order valence-corrected chi connectivity index (χ2v) is 5.86. The molecular formula is C14H24N4. The molecule has 0 amide bonds. The maximum absolute atomic E-state index is 5.93. The van der Waals surface area contributed by atoms with Crippen LogP contribution in [0.3, 0.4) is 0 Å². The van der Waals surface area contributed by atoms with Gasteiger partial charge in [0.25, 0.3) is 0 Å². The monoisotopic (exact) mass is 248 g/mol. The molecule has 4 heteroatoms. The first kappa shape index (κ1) is 12.2. The zero-order chi connectivity index (χ0) is 12.4. The molecule has 4 nitrogen and oxygen atoms in total. The Balaban J connectivity index is 1.59. The lowest BCUT2D eigenvalue weighted by Gasteiger charge is -2.22. The zero-order valence-electron chi connectivity index (χ0n) is 11.1. The fraction of sp³-hybridized carbons (Fsp3) is 0.786. The fourth-order valence-corrected chi connectivity index (χ4v) is 3.25. The summed E-state index contributed by atoms with van der Waals surface area (Å²) >= 11 is 0. The molecule has 0 radical (unpaired) electrons. The minimum absolute atomic E-state index is 0.366. The standard InChI is InChI=1S/C14H24N4/c15-12-6-8-17(10-12)11-13-7-9-18(16-13)14-4-2-1-3-5-14/h7,9,12,14H,1-6,8,10-11,15H2/t12-/m1/s1. The minimum Gasteiger partial charge on any atom is -0.326 e. The van der Waals surface area contributed by atoms with Crippen LogP contribution in [0, 0.1) is 0 Å². The molecule has 2 fully saturated rings. The molecule has 2 aliphatic rings. The predicted octanol–water partition coefficient (Wildman–Crippen LogP) is 1.92. The summed E-state index contributed by atoms with van der Waals surface area (Å²) < 4.78 is 2.20.